The predicted molar refractivity (Wildman–Crippen MR) is 82.9 cm³/mol. The van der Waals surface area contributed by atoms with Gasteiger partial charge in [0.05, 0.1) is 12.2 Å². The van der Waals surface area contributed by atoms with Gasteiger partial charge in [-0.25, -0.2) is 4.79 Å². The second kappa shape index (κ2) is 10.4. The largest absolute Gasteiger partial charge is 0.462 e. The van der Waals surface area contributed by atoms with Crippen molar-refractivity contribution in [1.82, 2.24) is 0 Å². The molecule has 0 saturated heterocycles. The van der Waals surface area contributed by atoms with Crippen molar-refractivity contribution in [2.24, 2.45) is 5.73 Å². The molecule has 1 rings (SSSR count). The van der Waals surface area contributed by atoms with Crippen molar-refractivity contribution in [2.75, 3.05) is 13.2 Å². The molecule has 0 atom stereocenters. The molecular formula is C17H27NO2. The number of rotatable bonds is 10. The molecule has 0 aromatic heterocycles. The third-order valence-electron chi connectivity index (χ3n) is 3.38. The van der Waals surface area contributed by atoms with E-state index in [0.717, 1.165) is 18.4 Å². The minimum atomic E-state index is -0.220. The van der Waals surface area contributed by atoms with Gasteiger partial charge in [-0.1, -0.05) is 57.2 Å². The van der Waals surface area contributed by atoms with Gasteiger partial charge in [0.2, 0.25) is 0 Å². The number of hydrogen-bond donors (Lipinski definition) is 1. The molecule has 0 bridgehead atoms. The molecule has 3 nitrogen and oxygen atoms in total. The number of carbonyl (C=O) groups excluding carboxylic acids is 1. The smallest absolute Gasteiger partial charge is 0.338 e. The van der Waals surface area contributed by atoms with Gasteiger partial charge in [0.1, 0.15) is 0 Å². The summed E-state index contributed by atoms with van der Waals surface area (Å²) in [7, 11) is 0. The van der Waals surface area contributed by atoms with Crippen LogP contribution in [-0.2, 0) is 11.2 Å². The van der Waals surface area contributed by atoms with E-state index < -0.39 is 0 Å². The topological polar surface area (TPSA) is 52.3 Å². The Kier molecular flexibility index (Phi) is 8.72. The van der Waals surface area contributed by atoms with Gasteiger partial charge >= 0.3 is 5.97 Å². The Balaban J connectivity index is 2.29. The average Bonchev–Trinajstić information content (AvgIpc) is 2.47. The van der Waals surface area contributed by atoms with Crippen LogP contribution in [0.5, 0.6) is 0 Å². The second-order valence-corrected chi connectivity index (χ2v) is 5.10. The molecule has 20 heavy (non-hydrogen) atoms. The summed E-state index contributed by atoms with van der Waals surface area (Å²) < 4.78 is 5.34. The summed E-state index contributed by atoms with van der Waals surface area (Å²) in [6.07, 6.45) is 7.87. The Labute approximate surface area is 122 Å². The Morgan fingerprint density at radius 3 is 2.55 bits per heavy atom. The van der Waals surface area contributed by atoms with Gasteiger partial charge in [-0.15, -0.1) is 0 Å². The zero-order valence-corrected chi connectivity index (χ0v) is 12.6. The molecule has 0 aliphatic heterocycles. The number of benzene rings is 1. The first kappa shape index (κ1) is 16.7. The van der Waals surface area contributed by atoms with Gasteiger partial charge in [-0.3, -0.25) is 0 Å². The molecule has 112 valence electrons. The lowest BCUT2D eigenvalue weighted by Gasteiger charge is -2.09. The molecule has 0 heterocycles. The van der Waals surface area contributed by atoms with Crippen LogP contribution in [0.2, 0.25) is 0 Å². The predicted octanol–water partition coefficient (Wildman–Crippen LogP) is 3.71. The van der Waals surface area contributed by atoms with Gasteiger partial charge in [-0.05, 0) is 31.0 Å². The Bertz CT molecular complexity index is 390. The highest BCUT2D eigenvalue weighted by Gasteiger charge is 2.11. The average molecular weight is 277 g/mol. The van der Waals surface area contributed by atoms with E-state index in [1.54, 1.807) is 0 Å². The standard InChI is InChI=1S/C17H27NO2/c1-2-3-4-5-6-9-14-20-17(19)16-11-8-7-10-15(16)12-13-18/h7-8,10-11H,2-6,9,12-14,18H2,1H3. The van der Waals surface area contributed by atoms with Crippen LogP contribution in [-0.4, -0.2) is 19.1 Å². The SMILES string of the molecule is CCCCCCCCOC(=O)c1ccccc1CCN. The van der Waals surface area contributed by atoms with E-state index in [-0.39, 0.29) is 5.97 Å². The monoisotopic (exact) mass is 277 g/mol. The van der Waals surface area contributed by atoms with E-state index in [0.29, 0.717) is 25.1 Å². The van der Waals surface area contributed by atoms with Crippen molar-refractivity contribution >= 4 is 5.97 Å². The van der Waals surface area contributed by atoms with Gasteiger partial charge in [0.15, 0.2) is 0 Å². The Hall–Kier alpha value is -1.35. The number of unbranched alkanes of at least 4 members (excludes halogenated alkanes) is 5. The van der Waals surface area contributed by atoms with Crippen molar-refractivity contribution in [3.63, 3.8) is 0 Å². The van der Waals surface area contributed by atoms with Gasteiger partial charge in [-0.2, -0.15) is 0 Å². The van der Waals surface area contributed by atoms with Crippen molar-refractivity contribution in [3.8, 4) is 0 Å². The first-order valence-electron chi connectivity index (χ1n) is 7.74. The fraction of sp³-hybridized carbons (Fsp3) is 0.588. The molecule has 0 radical (unpaired) electrons. The van der Waals surface area contributed by atoms with Crippen LogP contribution in [0.15, 0.2) is 24.3 Å². The summed E-state index contributed by atoms with van der Waals surface area (Å²) in [5.74, 6) is -0.220. The van der Waals surface area contributed by atoms with Crippen LogP contribution in [0.3, 0.4) is 0 Å². The number of hydrogen-bond acceptors (Lipinski definition) is 3. The van der Waals surface area contributed by atoms with E-state index in [1.165, 1.54) is 25.7 Å². The lowest BCUT2D eigenvalue weighted by Crippen LogP contribution is -2.12. The third-order valence-corrected chi connectivity index (χ3v) is 3.38. The van der Waals surface area contributed by atoms with E-state index in [4.69, 9.17) is 10.5 Å². The number of carbonyl (C=O) groups is 1. The number of esters is 1. The highest BCUT2D eigenvalue weighted by atomic mass is 16.5. The second-order valence-electron chi connectivity index (χ2n) is 5.10. The highest BCUT2D eigenvalue weighted by molar-refractivity contribution is 5.91. The summed E-state index contributed by atoms with van der Waals surface area (Å²) in [5, 5.41) is 0. The third kappa shape index (κ3) is 6.20. The number of nitrogens with two attached hydrogens (primary N) is 1. The first-order chi connectivity index (χ1) is 9.79. The minimum absolute atomic E-state index is 0.220. The van der Waals surface area contributed by atoms with Crippen LogP contribution in [0, 0.1) is 0 Å². The zero-order chi connectivity index (χ0) is 14.6. The van der Waals surface area contributed by atoms with Crippen molar-refractivity contribution in [3.05, 3.63) is 35.4 Å². The fourth-order valence-electron chi connectivity index (χ4n) is 2.22. The molecule has 0 aliphatic carbocycles. The molecule has 0 unspecified atom stereocenters. The molecule has 0 aliphatic rings. The molecular weight excluding hydrogens is 250 g/mol. The first-order valence-corrected chi connectivity index (χ1v) is 7.74. The highest BCUT2D eigenvalue weighted by Crippen LogP contribution is 2.11. The van der Waals surface area contributed by atoms with Crippen LogP contribution in [0.4, 0.5) is 0 Å². The van der Waals surface area contributed by atoms with Gasteiger partial charge < -0.3 is 10.5 Å². The molecule has 2 N–H and O–H groups in total. The lowest BCUT2D eigenvalue weighted by atomic mass is 10.0. The van der Waals surface area contributed by atoms with Crippen LogP contribution in [0.1, 0.15) is 61.4 Å². The van der Waals surface area contributed by atoms with E-state index in [1.807, 2.05) is 24.3 Å². The van der Waals surface area contributed by atoms with Gasteiger partial charge in [0.25, 0.3) is 0 Å². The minimum Gasteiger partial charge on any atom is -0.462 e. The zero-order valence-electron chi connectivity index (χ0n) is 12.6. The van der Waals surface area contributed by atoms with Crippen LogP contribution >= 0.6 is 0 Å². The molecule has 0 spiro atoms. The molecule has 1 aromatic carbocycles. The fourth-order valence-corrected chi connectivity index (χ4v) is 2.22. The molecule has 0 amide bonds. The summed E-state index contributed by atoms with van der Waals surface area (Å²) in [5.41, 5.74) is 7.19. The summed E-state index contributed by atoms with van der Waals surface area (Å²) in [6.45, 7) is 3.27. The Morgan fingerprint density at radius 1 is 1.10 bits per heavy atom. The van der Waals surface area contributed by atoms with Gasteiger partial charge in [0, 0.05) is 0 Å². The number of ether oxygens (including phenoxy) is 1. The van der Waals surface area contributed by atoms with Crippen molar-refractivity contribution < 1.29 is 9.53 Å². The van der Waals surface area contributed by atoms with Crippen LogP contribution in [0.25, 0.3) is 0 Å². The van der Waals surface area contributed by atoms with E-state index in [9.17, 15) is 4.79 Å². The Morgan fingerprint density at radius 2 is 1.80 bits per heavy atom. The van der Waals surface area contributed by atoms with E-state index in [2.05, 4.69) is 6.92 Å². The summed E-state index contributed by atoms with van der Waals surface area (Å²) >= 11 is 0. The van der Waals surface area contributed by atoms with Crippen molar-refractivity contribution in [2.45, 2.75) is 51.9 Å². The maximum absolute atomic E-state index is 12.0. The molecule has 0 fully saturated rings. The summed E-state index contributed by atoms with van der Waals surface area (Å²) in [6, 6.07) is 7.54. The normalized spacial score (nSPS) is 10.5. The van der Waals surface area contributed by atoms with Crippen LogP contribution < -0.4 is 5.73 Å². The van der Waals surface area contributed by atoms with Crippen molar-refractivity contribution in [1.29, 1.82) is 0 Å². The molecule has 3 heteroatoms. The summed E-state index contributed by atoms with van der Waals surface area (Å²) in [4.78, 5) is 12.0. The quantitative estimate of drug-likeness (QED) is 0.524. The molecule has 1 aromatic rings. The molecule has 0 saturated carbocycles. The maximum atomic E-state index is 12.0. The maximum Gasteiger partial charge on any atom is 0.338 e. The lowest BCUT2D eigenvalue weighted by molar-refractivity contribution is 0.0496. The van der Waals surface area contributed by atoms with E-state index >= 15 is 0 Å².